The van der Waals surface area contributed by atoms with Crippen molar-refractivity contribution in [2.75, 3.05) is 0 Å². The Kier molecular flexibility index (Phi) is 6.64. The number of carbonyl (C=O) groups is 4. The lowest BCUT2D eigenvalue weighted by Gasteiger charge is -2.21. The van der Waals surface area contributed by atoms with Crippen molar-refractivity contribution in [3.05, 3.63) is 54.6 Å². The lowest BCUT2D eigenvalue weighted by Crippen LogP contribution is -2.13. The molecule has 1 aromatic heterocycles. The fraction of sp³-hybridized carbons (Fsp3) is 0.148. The molecule has 4 aromatic rings. The predicted octanol–water partition coefficient (Wildman–Crippen LogP) is 4.76. The number of nitrogens with zero attached hydrogens (tertiary/aromatic N) is 1. The first-order valence-electron chi connectivity index (χ1n) is 10.9. The van der Waals surface area contributed by atoms with Gasteiger partial charge in [-0.05, 0) is 12.1 Å². The molecule has 0 saturated heterocycles. The quantitative estimate of drug-likeness (QED) is 0.223. The minimum Gasteiger partial charge on any atom is -0.423 e. The van der Waals surface area contributed by atoms with Crippen LogP contribution in [0, 0.1) is 0 Å². The number of pyridine rings is 1. The van der Waals surface area contributed by atoms with Crippen molar-refractivity contribution in [2.24, 2.45) is 0 Å². The molecule has 0 radical (unpaired) electrons. The zero-order valence-corrected chi connectivity index (χ0v) is 19.9. The molecular weight excluding hydrogens is 466 g/mol. The van der Waals surface area contributed by atoms with Crippen LogP contribution in [-0.2, 0) is 19.2 Å². The van der Waals surface area contributed by atoms with Gasteiger partial charge in [0.15, 0.2) is 23.0 Å². The minimum absolute atomic E-state index is 0.0743. The van der Waals surface area contributed by atoms with Gasteiger partial charge in [0, 0.05) is 50.1 Å². The molecule has 0 unspecified atom stereocenters. The third-order valence-corrected chi connectivity index (χ3v) is 5.00. The summed E-state index contributed by atoms with van der Waals surface area (Å²) in [4.78, 5) is 53.0. The average Bonchev–Trinajstić information content (AvgIpc) is 2.79. The van der Waals surface area contributed by atoms with Gasteiger partial charge in [-0.3, -0.25) is 19.2 Å². The normalized spacial score (nSPS) is 10.7. The van der Waals surface area contributed by atoms with E-state index >= 15 is 0 Å². The molecule has 0 aliphatic carbocycles. The van der Waals surface area contributed by atoms with E-state index in [9.17, 15) is 19.2 Å². The maximum Gasteiger partial charge on any atom is 0.308 e. The summed E-state index contributed by atoms with van der Waals surface area (Å²) in [7, 11) is 0. The first-order chi connectivity index (χ1) is 17.2. The Balaban J connectivity index is 2.28. The van der Waals surface area contributed by atoms with Gasteiger partial charge in [-0.1, -0.05) is 36.4 Å². The predicted molar refractivity (Wildman–Crippen MR) is 130 cm³/mol. The van der Waals surface area contributed by atoms with Crippen molar-refractivity contribution in [1.29, 1.82) is 0 Å². The van der Waals surface area contributed by atoms with Gasteiger partial charge in [0.25, 0.3) is 0 Å². The van der Waals surface area contributed by atoms with Crippen molar-refractivity contribution < 1.29 is 38.1 Å². The molecule has 182 valence electrons. The molecule has 0 saturated carbocycles. The van der Waals surface area contributed by atoms with Crippen LogP contribution in [0.15, 0.2) is 54.6 Å². The summed E-state index contributed by atoms with van der Waals surface area (Å²) in [5.41, 5.74) is 1.73. The summed E-state index contributed by atoms with van der Waals surface area (Å²) >= 11 is 0. The fourth-order valence-electron chi connectivity index (χ4n) is 3.89. The lowest BCUT2D eigenvalue weighted by atomic mass is 9.94. The van der Waals surface area contributed by atoms with Gasteiger partial charge < -0.3 is 18.9 Å². The highest BCUT2D eigenvalue weighted by Gasteiger charge is 2.30. The number of hydrogen-bond donors (Lipinski definition) is 0. The molecule has 0 N–H and O–H groups in total. The molecular formula is C27H21NO8. The molecule has 0 aliphatic rings. The average molecular weight is 487 g/mol. The van der Waals surface area contributed by atoms with Gasteiger partial charge in [-0.2, -0.15) is 0 Å². The van der Waals surface area contributed by atoms with E-state index in [0.29, 0.717) is 27.4 Å². The monoisotopic (exact) mass is 487 g/mol. The van der Waals surface area contributed by atoms with Gasteiger partial charge >= 0.3 is 23.9 Å². The molecule has 9 nitrogen and oxygen atoms in total. The fourth-order valence-corrected chi connectivity index (χ4v) is 3.89. The lowest BCUT2D eigenvalue weighted by molar-refractivity contribution is -0.135. The van der Waals surface area contributed by atoms with Crippen LogP contribution in [-0.4, -0.2) is 28.9 Å². The second-order valence-electron chi connectivity index (χ2n) is 7.80. The van der Waals surface area contributed by atoms with Crippen LogP contribution in [0.2, 0.25) is 0 Å². The molecule has 0 fully saturated rings. The molecule has 0 amide bonds. The van der Waals surface area contributed by atoms with E-state index in [1.807, 2.05) is 12.1 Å². The Hall–Kier alpha value is -4.79. The molecule has 0 aliphatic heterocycles. The SMILES string of the molecule is CC(=O)Oc1cc(OC(C)=O)c(OC(C)=O)c(-c2c3ccccc3nc3ccccc23)c1OC(C)=O. The maximum atomic E-state index is 12.2. The molecule has 0 bridgehead atoms. The zero-order valence-electron chi connectivity index (χ0n) is 19.9. The van der Waals surface area contributed by atoms with E-state index in [2.05, 4.69) is 0 Å². The number of para-hydroxylation sites is 2. The van der Waals surface area contributed by atoms with E-state index in [1.165, 1.54) is 27.7 Å². The number of ether oxygens (including phenoxy) is 4. The van der Waals surface area contributed by atoms with Gasteiger partial charge in [0.1, 0.15) is 0 Å². The summed E-state index contributed by atoms with van der Waals surface area (Å²) in [6.45, 7) is 4.69. The van der Waals surface area contributed by atoms with Gasteiger partial charge in [0.2, 0.25) is 0 Å². The van der Waals surface area contributed by atoms with Gasteiger partial charge in [0.05, 0.1) is 16.6 Å². The Labute approximate surface area is 205 Å². The van der Waals surface area contributed by atoms with E-state index in [1.54, 1.807) is 36.4 Å². The Morgan fingerprint density at radius 3 is 1.33 bits per heavy atom. The molecule has 3 aromatic carbocycles. The van der Waals surface area contributed by atoms with Crippen molar-refractivity contribution >= 4 is 45.7 Å². The highest BCUT2D eigenvalue weighted by Crippen LogP contribution is 2.53. The topological polar surface area (TPSA) is 118 Å². The number of fused-ring (bicyclic) bond motifs is 2. The number of rotatable bonds is 5. The van der Waals surface area contributed by atoms with E-state index in [4.69, 9.17) is 23.9 Å². The summed E-state index contributed by atoms with van der Waals surface area (Å²) in [5.74, 6) is -3.66. The van der Waals surface area contributed by atoms with Crippen LogP contribution < -0.4 is 18.9 Å². The minimum atomic E-state index is -0.721. The number of carbonyl (C=O) groups excluding carboxylic acids is 4. The summed E-state index contributed by atoms with van der Waals surface area (Å²) in [5, 5.41) is 1.23. The van der Waals surface area contributed by atoms with Gasteiger partial charge in [-0.15, -0.1) is 0 Å². The number of benzene rings is 3. The van der Waals surface area contributed by atoms with E-state index in [-0.39, 0.29) is 28.6 Å². The van der Waals surface area contributed by atoms with Crippen molar-refractivity contribution in [1.82, 2.24) is 4.98 Å². The highest BCUT2D eigenvalue weighted by atomic mass is 16.6. The zero-order chi connectivity index (χ0) is 26.0. The largest absolute Gasteiger partial charge is 0.423 e. The number of aromatic nitrogens is 1. The third kappa shape index (κ3) is 4.85. The number of hydrogen-bond acceptors (Lipinski definition) is 9. The Morgan fingerprint density at radius 1 is 0.556 bits per heavy atom. The molecule has 0 spiro atoms. The van der Waals surface area contributed by atoms with Crippen molar-refractivity contribution in [3.63, 3.8) is 0 Å². The Bertz CT molecular complexity index is 1450. The summed E-state index contributed by atoms with van der Waals surface area (Å²) < 4.78 is 21.8. The molecule has 4 rings (SSSR count). The van der Waals surface area contributed by atoms with Crippen LogP contribution in [0.4, 0.5) is 0 Å². The molecule has 1 heterocycles. The molecule has 9 heteroatoms. The first kappa shape index (κ1) is 24.3. The number of esters is 4. The molecule has 36 heavy (non-hydrogen) atoms. The second kappa shape index (κ2) is 9.83. The highest BCUT2D eigenvalue weighted by molar-refractivity contribution is 6.13. The molecule has 0 atom stereocenters. The van der Waals surface area contributed by atoms with Crippen LogP contribution in [0.5, 0.6) is 23.0 Å². The second-order valence-corrected chi connectivity index (χ2v) is 7.80. The third-order valence-electron chi connectivity index (χ3n) is 5.00. The van der Waals surface area contributed by atoms with Crippen molar-refractivity contribution in [3.8, 4) is 34.1 Å². The van der Waals surface area contributed by atoms with Crippen LogP contribution in [0.25, 0.3) is 32.9 Å². The van der Waals surface area contributed by atoms with E-state index < -0.39 is 23.9 Å². The van der Waals surface area contributed by atoms with Crippen LogP contribution in [0.3, 0.4) is 0 Å². The Morgan fingerprint density at radius 2 is 0.944 bits per heavy atom. The standard InChI is InChI=1S/C27H21NO8/c1-14(29)33-22-13-23(34-15(2)30)27(36-17(4)32)25(26(22)35-16(3)31)24-18-9-5-7-11-20(18)28-21-12-8-6-10-19(21)24/h5-13H,1-4H3. The van der Waals surface area contributed by atoms with Gasteiger partial charge in [-0.25, -0.2) is 4.98 Å². The van der Waals surface area contributed by atoms with Crippen LogP contribution in [0.1, 0.15) is 27.7 Å². The smallest absolute Gasteiger partial charge is 0.308 e. The summed E-state index contributed by atoms with van der Waals surface area (Å²) in [6, 6.07) is 15.6. The summed E-state index contributed by atoms with van der Waals surface area (Å²) in [6.07, 6.45) is 0. The maximum absolute atomic E-state index is 12.2. The van der Waals surface area contributed by atoms with Crippen LogP contribution >= 0.6 is 0 Å². The van der Waals surface area contributed by atoms with E-state index in [0.717, 1.165) is 6.07 Å². The van der Waals surface area contributed by atoms with Crippen molar-refractivity contribution in [2.45, 2.75) is 27.7 Å². The first-order valence-corrected chi connectivity index (χ1v) is 10.9.